The minimum atomic E-state index is -3.35. The Kier molecular flexibility index (Phi) is 4.63. The van der Waals surface area contributed by atoms with Crippen LogP contribution in [0.4, 0.5) is 0 Å². The van der Waals surface area contributed by atoms with Gasteiger partial charge in [-0.05, 0) is 42.0 Å². The zero-order chi connectivity index (χ0) is 18.0. The first-order valence-electron chi connectivity index (χ1n) is 7.72. The van der Waals surface area contributed by atoms with Crippen LogP contribution in [-0.2, 0) is 16.3 Å². The minimum Gasteiger partial charge on any atom is -0.497 e. The molecule has 3 aromatic rings. The number of pyridine rings is 1. The van der Waals surface area contributed by atoms with Crippen LogP contribution >= 0.6 is 0 Å². The molecule has 0 unspecified atom stereocenters. The average molecular weight is 357 g/mol. The van der Waals surface area contributed by atoms with E-state index in [1.165, 1.54) is 6.07 Å². The van der Waals surface area contributed by atoms with E-state index in [4.69, 9.17) is 9.47 Å². The lowest BCUT2D eigenvalue weighted by Crippen LogP contribution is -2.02. The topological polar surface area (TPSA) is 65.5 Å². The van der Waals surface area contributed by atoms with Crippen LogP contribution in [0.3, 0.4) is 0 Å². The maximum Gasteiger partial charge on any atom is 0.192 e. The van der Waals surface area contributed by atoms with Crippen LogP contribution < -0.4 is 9.47 Å². The average Bonchev–Trinajstić information content (AvgIpc) is 2.61. The summed E-state index contributed by atoms with van der Waals surface area (Å²) < 4.78 is 34.2. The molecule has 0 saturated carbocycles. The predicted octanol–water partition coefficient (Wildman–Crippen LogP) is 3.25. The molecule has 5 nitrogen and oxygen atoms in total. The van der Waals surface area contributed by atoms with Crippen LogP contribution in [0.5, 0.6) is 11.5 Å². The molecular weight excluding hydrogens is 338 g/mol. The summed E-state index contributed by atoms with van der Waals surface area (Å²) in [6.45, 7) is 0. The third kappa shape index (κ3) is 3.58. The van der Waals surface area contributed by atoms with Crippen LogP contribution in [0.15, 0.2) is 53.6 Å². The fourth-order valence-electron chi connectivity index (χ4n) is 2.75. The van der Waals surface area contributed by atoms with Crippen LogP contribution in [0, 0.1) is 0 Å². The van der Waals surface area contributed by atoms with Gasteiger partial charge in [-0.25, -0.2) is 13.4 Å². The van der Waals surface area contributed by atoms with Gasteiger partial charge in [0.15, 0.2) is 14.9 Å². The second kappa shape index (κ2) is 6.72. The third-order valence-electron chi connectivity index (χ3n) is 4.05. The first-order valence-corrected chi connectivity index (χ1v) is 9.61. The Balaban J connectivity index is 2.10. The van der Waals surface area contributed by atoms with Crippen molar-refractivity contribution in [3.05, 3.63) is 59.7 Å². The Bertz CT molecular complexity index is 1010. The van der Waals surface area contributed by atoms with Gasteiger partial charge in [0.2, 0.25) is 0 Å². The first-order chi connectivity index (χ1) is 11.9. The Morgan fingerprint density at radius 1 is 0.920 bits per heavy atom. The number of aromatic nitrogens is 1. The van der Waals surface area contributed by atoms with Crippen molar-refractivity contribution >= 4 is 20.7 Å². The molecule has 1 aromatic heterocycles. The molecule has 0 amide bonds. The first kappa shape index (κ1) is 17.2. The van der Waals surface area contributed by atoms with Crippen LogP contribution in [0.1, 0.15) is 11.1 Å². The maximum absolute atomic E-state index is 11.7. The van der Waals surface area contributed by atoms with Crippen LogP contribution in [0.25, 0.3) is 10.9 Å². The molecule has 0 aliphatic carbocycles. The molecule has 0 N–H and O–H groups in total. The summed E-state index contributed by atoms with van der Waals surface area (Å²) in [5.74, 6) is 1.55. The van der Waals surface area contributed by atoms with Crippen molar-refractivity contribution in [2.24, 2.45) is 0 Å². The number of benzene rings is 2. The Hall–Kier alpha value is -2.60. The SMILES string of the molecule is COc1ccc(Cc2c(OC)ccc3nc(S(C)(=O)=O)ccc23)cc1. The fourth-order valence-corrected chi connectivity index (χ4v) is 3.33. The van der Waals surface area contributed by atoms with E-state index in [0.29, 0.717) is 11.9 Å². The highest BCUT2D eigenvalue weighted by Crippen LogP contribution is 2.30. The van der Waals surface area contributed by atoms with E-state index in [9.17, 15) is 8.42 Å². The number of rotatable bonds is 5. The lowest BCUT2D eigenvalue weighted by atomic mass is 9.99. The van der Waals surface area contributed by atoms with Crippen LogP contribution in [0.2, 0.25) is 0 Å². The molecule has 0 spiro atoms. The van der Waals surface area contributed by atoms with Crippen molar-refractivity contribution in [3.8, 4) is 11.5 Å². The fraction of sp³-hybridized carbons (Fsp3) is 0.211. The quantitative estimate of drug-likeness (QED) is 0.701. The number of nitrogens with zero attached hydrogens (tertiary/aromatic N) is 1. The molecule has 0 fully saturated rings. The molecule has 0 saturated heterocycles. The lowest BCUT2D eigenvalue weighted by Gasteiger charge is -2.13. The second-order valence-corrected chi connectivity index (χ2v) is 7.72. The zero-order valence-corrected chi connectivity index (χ0v) is 15.1. The van der Waals surface area contributed by atoms with Gasteiger partial charge in [0.1, 0.15) is 11.5 Å². The van der Waals surface area contributed by atoms with E-state index in [2.05, 4.69) is 4.98 Å². The van der Waals surface area contributed by atoms with E-state index in [1.54, 1.807) is 26.4 Å². The summed E-state index contributed by atoms with van der Waals surface area (Å²) in [5.41, 5.74) is 2.70. The van der Waals surface area contributed by atoms with E-state index in [-0.39, 0.29) is 5.03 Å². The summed E-state index contributed by atoms with van der Waals surface area (Å²) in [5, 5.41) is 0.947. The van der Waals surface area contributed by atoms with Gasteiger partial charge in [0.05, 0.1) is 19.7 Å². The molecule has 130 valence electrons. The molecule has 0 aliphatic heterocycles. The van der Waals surface area contributed by atoms with Crippen molar-refractivity contribution in [1.29, 1.82) is 0 Å². The molecule has 1 heterocycles. The number of ether oxygens (including phenoxy) is 2. The van der Waals surface area contributed by atoms with Crippen molar-refractivity contribution in [3.63, 3.8) is 0 Å². The summed E-state index contributed by atoms with van der Waals surface area (Å²) >= 11 is 0. The summed E-state index contributed by atoms with van der Waals surface area (Å²) in [7, 11) is -0.0909. The van der Waals surface area contributed by atoms with E-state index < -0.39 is 9.84 Å². The van der Waals surface area contributed by atoms with Crippen molar-refractivity contribution < 1.29 is 17.9 Å². The smallest absolute Gasteiger partial charge is 0.192 e. The van der Waals surface area contributed by atoms with Gasteiger partial charge >= 0.3 is 0 Å². The third-order valence-corrected chi connectivity index (χ3v) is 5.04. The molecule has 0 aliphatic rings. The summed E-state index contributed by atoms with van der Waals surface area (Å²) in [6, 6.07) is 14.7. The van der Waals surface area contributed by atoms with Crippen molar-refractivity contribution in [2.45, 2.75) is 11.4 Å². The molecule has 0 radical (unpaired) electrons. The zero-order valence-electron chi connectivity index (χ0n) is 14.3. The molecule has 3 rings (SSSR count). The number of sulfone groups is 1. The number of methoxy groups -OCH3 is 2. The molecule has 0 bridgehead atoms. The lowest BCUT2D eigenvalue weighted by molar-refractivity contribution is 0.411. The van der Waals surface area contributed by atoms with Crippen molar-refractivity contribution in [1.82, 2.24) is 4.98 Å². The summed E-state index contributed by atoms with van der Waals surface area (Å²) in [4.78, 5) is 4.29. The van der Waals surface area contributed by atoms with Gasteiger partial charge in [-0.3, -0.25) is 0 Å². The molecule has 25 heavy (non-hydrogen) atoms. The highest BCUT2D eigenvalue weighted by Gasteiger charge is 2.14. The van der Waals surface area contributed by atoms with Crippen molar-refractivity contribution in [2.75, 3.05) is 20.5 Å². The monoisotopic (exact) mass is 357 g/mol. The normalized spacial score (nSPS) is 11.5. The molecule has 6 heteroatoms. The van der Waals surface area contributed by atoms with E-state index >= 15 is 0 Å². The predicted molar refractivity (Wildman–Crippen MR) is 97.2 cm³/mol. The summed E-state index contributed by atoms with van der Waals surface area (Å²) in [6.07, 6.45) is 1.80. The van der Waals surface area contributed by atoms with Gasteiger partial charge < -0.3 is 9.47 Å². The number of hydrogen-bond donors (Lipinski definition) is 0. The standard InChI is InChI=1S/C19H19NO4S/c1-23-14-6-4-13(5-7-14)12-16-15-8-11-19(25(3,21)22)20-17(15)9-10-18(16)24-2/h4-11H,12H2,1-3H3. The van der Waals surface area contributed by atoms with Gasteiger partial charge in [-0.15, -0.1) is 0 Å². The largest absolute Gasteiger partial charge is 0.497 e. The molecule has 0 atom stereocenters. The van der Waals surface area contributed by atoms with Gasteiger partial charge in [-0.1, -0.05) is 12.1 Å². The van der Waals surface area contributed by atoms with E-state index in [1.807, 2.05) is 30.3 Å². The Morgan fingerprint density at radius 3 is 2.24 bits per heavy atom. The number of fused-ring (bicyclic) bond motifs is 1. The van der Waals surface area contributed by atoms with Gasteiger partial charge in [0.25, 0.3) is 0 Å². The number of hydrogen-bond acceptors (Lipinski definition) is 5. The highest BCUT2D eigenvalue weighted by atomic mass is 32.2. The molecular formula is C19H19NO4S. The van der Waals surface area contributed by atoms with Crippen LogP contribution in [-0.4, -0.2) is 33.9 Å². The Labute approximate surface area is 147 Å². The second-order valence-electron chi connectivity index (χ2n) is 5.76. The van der Waals surface area contributed by atoms with Gasteiger partial charge in [0, 0.05) is 23.6 Å². The Morgan fingerprint density at radius 2 is 1.64 bits per heavy atom. The van der Waals surface area contributed by atoms with E-state index in [0.717, 1.165) is 34.3 Å². The minimum absolute atomic E-state index is 0.0700. The maximum atomic E-state index is 11.7. The molecule has 2 aromatic carbocycles. The van der Waals surface area contributed by atoms with Gasteiger partial charge in [-0.2, -0.15) is 0 Å². The highest BCUT2D eigenvalue weighted by molar-refractivity contribution is 7.90.